The van der Waals surface area contributed by atoms with Gasteiger partial charge in [0.1, 0.15) is 5.75 Å². The zero-order valence-corrected chi connectivity index (χ0v) is 15.7. The summed E-state index contributed by atoms with van der Waals surface area (Å²) in [6.07, 6.45) is 2.11. The van der Waals surface area contributed by atoms with Crippen molar-refractivity contribution in [3.05, 3.63) is 53.6 Å². The monoisotopic (exact) mass is 323 g/mol. The second kappa shape index (κ2) is 8.14. The van der Waals surface area contributed by atoms with E-state index >= 15 is 0 Å². The van der Waals surface area contributed by atoms with Crippen LogP contribution in [0, 0.1) is 12.8 Å². The molecule has 2 nitrogen and oxygen atoms in total. The smallest absolute Gasteiger partial charge is 0.136 e. The molecule has 0 aromatic heterocycles. The fraction of sp³-hybridized carbons (Fsp3) is 0.409. The van der Waals surface area contributed by atoms with Gasteiger partial charge in [0, 0.05) is 23.4 Å². The summed E-state index contributed by atoms with van der Waals surface area (Å²) in [6.45, 7) is 12.8. The van der Waals surface area contributed by atoms with Crippen LogP contribution in [-0.2, 0) is 0 Å². The third-order valence-corrected chi connectivity index (χ3v) is 4.24. The van der Waals surface area contributed by atoms with Crippen molar-refractivity contribution in [2.24, 2.45) is 10.9 Å². The lowest BCUT2D eigenvalue weighted by Gasteiger charge is -2.23. The molecule has 0 bridgehead atoms. The van der Waals surface area contributed by atoms with Gasteiger partial charge in [-0.05, 0) is 44.7 Å². The van der Waals surface area contributed by atoms with Crippen LogP contribution in [0.25, 0.3) is 11.1 Å². The van der Waals surface area contributed by atoms with Crippen molar-refractivity contribution in [2.45, 2.75) is 53.7 Å². The molecular formula is C22H29NO. The molecule has 0 fully saturated rings. The van der Waals surface area contributed by atoms with Gasteiger partial charge in [0.15, 0.2) is 0 Å². The lowest BCUT2D eigenvalue weighted by Crippen LogP contribution is -2.20. The Labute approximate surface area is 146 Å². The van der Waals surface area contributed by atoms with Crippen molar-refractivity contribution in [1.82, 2.24) is 0 Å². The molecule has 0 spiro atoms. The minimum absolute atomic E-state index is 0.139. The molecule has 2 heteroatoms. The highest BCUT2D eigenvalue weighted by Gasteiger charge is 2.17. The topological polar surface area (TPSA) is 21.6 Å². The second-order valence-electron chi connectivity index (χ2n) is 6.98. The molecule has 2 aromatic rings. The second-order valence-corrected chi connectivity index (χ2v) is 6.98. The molecule has 24 heavy (non-hydrogen) atoms. The van der Waals surface area contributed by atoms with Gasteiger partial charge in [0.05, 0.1) is 6.10 Å². The van der Waals surface area contributed by atoms with Crippen LogP contribution >= 0.6 is 0 Å². The molecule has 0 aliphatic heterocycles. The summed E-state index contributed by atoms with van der Waals surface area (Å²) >= 11 is 0. The maximum atomic E-state index is 6.41. The zero-order chi connectivity index (χ0) is 17.7. The van der Waals surface area contributed by atoms with Crippen molar-refractivity contribution in [2.75, 3.05) is 0 Å². The largest absolute Gasteiger partial charge is 0.489 e. The number of ether oxygens (including phenoxy) is 1. The summed E-state index contributed by atoms with van der Waals surface area (Å²) in [6, 6.07) is 15.0. The van der Waals surface area contributed by atoms with Gasteiger partial charge < -0.3 is 4.74 Å². The predicted octanol–water partition coefficient (Wildman–Crippen LogP) is 5.91. The van der Waals surface area contributed by atoms with Gasteiger partial charge in [-0.15, -0.1) is 0 Å². The van der Waals surface area contributed by atoms with Crippen molar-refractivity contribution < 1.29 is 4.74 Å². The fourth-order valence-electron chi connectivity index (χ4n) is 2.38. The molecular weight excluding hydrogens is 294 g/mol. The molecule has 1 atom stereocenters. The quantitative estimate of drug-likeness (QED) is 0.605. The molecule has 0 radical (unpaired) electrons. The van der Waals surface area contributed by atoms with Gasteiger partial charge in [-0.25, -0.2) is 0 Å². The highest BCUT2D eigenvalue weighted by Crippen LogP contribution is 2.35. The average Bonchev–Trinajstić information content (AvgIpc) is 2.55. The van der Waals surface area contributed by atoms with Crippen LogP contribution in [0.3, 0.4) is 0 Å². The Bertz CT molecular complexity index is 687. The molecule has 0 aliphatic carbocycles. The first-order valence-corrected chi connectivity index (χ1v) is 8.79. The first-order valence-electron chi connectivity index (χ1n) is 8.79. The highest BCUT2D eigenvalue weighted by molar-refractivity contribution is 5.90. The van der Waals surface area contributed by atoms with Crippen LogP contribution in [0.4, 0.5) is 0 Å². The predicted molar refractivity (Wildman–Crippen MR) is 104 cm³/mol. The van der Waals surface area contributed by atoms with E-state index in [4.69, 9.17) is 4.74 Å². The molecule has 0 saturated carbocycles. The average molecular weight is 323 g/mol. The summed E-state index contributed by atoms with van der Waals surface area (Å²) < 4.78 is 6.41. The van der Waals surface area contributed by atoms with Crippen LogP contribution in [0.5, 0.6) is 5.75 Å². The number of aliphatic imine (C=N–C) groups is 1. The number of rotatable bonds is 6. The van der Waals surface area contributed by atoms with Crippen molar-refractivity contribution in [3.63, 3.8) is 0 Å². The van der Waals surface area contributed by atoms with E-state index in [1.54, 1.807) is 0 Å². The number of nitrogens with zero attached hydrogens (tertiary/aromatic N) is 1. The molecule has 0 saturated heterocycles. The van der Waals surface area contributed by atoms with Gasteiger partial charge in [0.2, 0.25) is 0 Å². The molecule has 0 amide bonds. The number of aryl methyl sites for hydroxylation is 1. The Morgan fingerprint density at radius 3 is 2.17 bits per heavy atom. The van der Waals surface area contributed by atoms with Gasteiger partial charge in [-0.2, -0.15) is 0 Å². The van der Waals surface area contributed by atoms with Crippen LogP contribution in [0.1, 0.15) is 45.7 Å². The summed E-state index contributed by atoms with van der Waals surface area (Å²) in [4.78, 5) is 4.60. The molecule has 0 N–H and O–H groups in total. The lowest BCUT2D eigenvalue weighted by molar-refractivity contribution is 0.171. The Kier molecular flexibility index (Phi) is 6.19. The maximum Gasteiger partial charge on any atom is 0.136 e. The summed E-state index contributed by atoms with van der Waals surface area (Å²) in [7, 11) is 0. The molecule has 0 aliphatic rings. The Balaban J connectivity index is 2.60. The van der Waals surface area contributed by atoms with E-state index in [1.165, 1.54) is 11.1 Å². The first kappa shape index (κ1) is 18.3. The highest BCUT2D eigenvalue weighted by atomic mass is 16.5. The number of hydrogen-bond donors (Lipinski definition) is 0. The first-order chi connectivity index (χ1) is 11.4. The van der Waals surface area contributed by atoms with Gasteiger partial charge in [-0.3, -0.25) is 4.99 Å². The molecule has 0 heterocycles. The maximum absolute atomic E-state index is 6.41. The van der Waals surface area contributed by atoms with E-state index in [1.807, 2.05) is 12.3 Å². The molecule has 2 rings (SSSR count). The number of benzene rings is 2. The fourth-order valence-corrected chi connectivity index (χ4v) is 2.38. The number of hydrogen-bond acceptors (Lipinski definition) is 2. The molecule has 1 unspecified atom stereocenters. The lowest BCUT2D eigenvalue weighted by atomic mass is 9.97. The summed E-state index contributed by atoms with van der Waals surface area (Å²) in [5.41, 5.74) is 4.56. The molecule has 128 valence electrons. The molecule has 2 aromatic carbocycles. The van der Waals surface area contributed by atoms with Gasteiger partial charge in [0.25, 0.3) is 0 Å². The van der Waals surface area contributed by atoms with Crippen LogP contribution in [-0.4, -0.2) is 18.4 Å². The van der Waals surface area contributed by atoms with Crippen molar-refractivity contribution in [1.29, 1.82) is 0 Å². The Morgan fingerprint density at radius 1 is 0.917 bits per heavy atom. The zero-order valence-electron chi connectivity index (χ0n) is 15.7. The van der Waals surface area contributed by atoms with E-state index in [-0.39, 0.29) is 12.1 Å². The summed E-state index contributed by atoms with van der Waals surface area (Å²) in [5.74, 6) is 1.39. The Morgan fingerprint density at radius 2 is 1.58 bits per heavy atom. The van der Waals surface area contributed by atoms with E-state index in [9.17, 15) is 0 Å². The standard InChI is InChI=1S/C22H29NO/c1-15(2)18(6)24-22-20(19-10-8-7-9-11-19)13-12-17(5)21(22)14-23-16(3)4/h7-16,18H,1-6H3/b23-14+. The van der Waals surface area contributed by atoms with Gasteiger partial charge in [-0.1, -0.05) is 56.3 Å². The van der Waals surface area contributed by atoms with Crippen LogP contribution < -0.4 is 4.74 Å². The minimum Gasteiger partial charge on any atom is -0.489 e. The van der Waals surface area contributed by atoms with Gasteiger partial charge >= 0.3 is 0 Å². The minimum atomic E-state index is 0.139. The van der Waals surface area contributed by atoms with E-state index < -0.39 is 0 Å². The van der Waals surface area contributed by atoms with Crippen molar-refractivity contribution >= 4 is 6.21 Å². The Hall–Kier alpha value is -2.09. The normalized spacial score (nSPS) is 13.0. The SMILES string of the molecule is Cc1ccc(-c2ccccc2)c(OC(C)C(C)C)c1/C=N/C(C)C. The third kappa shape index (κ3) is 4.47. The van der Waals surface area contributed by atoms with Crippen LogP contribution in [0.15, 0.2) is 47.5 Å². The summed E-state index contributed by atoms with van der Waals surface area (Å²) in [5, 5.41) is 0. The third-order valence-electron chi connectivity index (χ3n) is 4.24. The van der Waals surface area contributed by atoms with Crippen LogP contribution in [0.2, 0.25) is 0 Å². The van der Waals surface area contributed by atoms with E-state index in [0.717, 1.165) is 16.9 Å². The van der Waals surface area contributed by atoms with E-state index in [0.29, 0.717) is 5.92 Å². The van der Waals surface area contributed by atoms with E-state index in [2.05, 4.69) is 82.9 Å². The van der Waals surface area contributed by atoms with Crippen molar-refractivity contribution in [3.8, 4) is 16.9 Å².